The summed E-state index contributed by atoms with van der Waals surface area (Å²) in [5.41, 5.74) is 4.45. The molecule has 2 heterocycles. The molecule has 0 saturated carbocycles. The molecule has 0 unspecified atom stereocenters. The summed E-state index contributed by atoms with van der Waals surface area (Å²) in [6.45, 7) is 2.40. The highest BCUT2D eigenvalue weighted by atomic mass is 19.1. The molecule has 4 rings (SSSR count). The number of pyridine rings is 1. The number of methoxy groups -OCH3 is 1. The van der Waals surface area contributed by atoms with Crippen molar-refractivity contribution in [2.75, 3.05) is 37.9 Å². The zero-order valence-electron chi connectivity index (χ0n) is 17.5. The maximum absolute atomic E-state index is 15.2. The Labute approximate surface area is 182 Å². The molecule has 9 nitrogen and oxygen atoms in total. The zero-order chi connectivity index (χ0) is 23.0. The van der Waals surface area contributed by atoms with Crippen molar-refractivity contribution in [2.24, 2.45) is 0 Å². The fourth-order valence-electron chi connectivity index (χ4n) is 3.68. The van der Waals surface area contributed by atoms with Gasteiger partial charge < -0.3 is 34.9 Å². The standard InChI is InChI=1S/C22H22FN3O6/c1-11-10-32-21-18(25-7-8-31-13-5-3-12(30-2)4-6-13)16(23)17(24)15-19(21)26(11)9-14(20(15)27)22(28)29/h3-6,9,11,25H,7-8,10,24H2,1-2H3,(H,28,29)/t11-/m0/s1. The van der Waals surface area contributed by atoms with Crippen molar-refractivity contribution in [3.63, 3.8) is 0 Å². The molecule has 168 valence electrons. The third-order valence-electron chi connectivity index (χ3n) is 5.31. The van der Waals surface area contributed by atoms with E-state index in [-0.39, 0.29) is 48.1 Å². The zero-order valence-corrected chi connectivity index (χ0v) is 17.5. The van der Waals surface area contributed by atoms with Crippen molar-refractivity contribution >= 4 is 28.2 Å². The molecule has 0 saturated heterocycles. The summed E-state index contributed by atoms with van der Waals surface area (Å²) in [7, 11) is 1.57. The highest BCUT2D eigenvalue weighted by molar-refractivity contribution is 6.03. The number of halogens is 1. The van der Waals surface area contributed by atoms with E-state index < -0.39 is 28.5 Å². The summed E-state index contributed by atoms with van der Waals surface area (Å²) in [4.78, 5) is 24.2. The molecule has 1 aromatic heterocycles. The number of nitrogens with one attached hydrogen (secondary N) is 1. The van der Waals surface area contributed by atoms with E-state index in [0.29, 0.717) is 11.5 Å². The second kappa shape index (κ2) is 8.29. The third-order valence-corrected chi connectivity index (χ3v) is 5.31. The van der Waals surface area contributed by atoms with Gasteiger partial charge in [0.15, 0.2) is 11.6 Å². The topological polar surface area (TPSA) is 125 Å². The molecule has 0 spiro atoms. The number of hydrogen-bond acceptors (Lipinski definition) is 7. The molecule has 0 fully saturated rings. The highest BCUT2D eigenvalue weighted by Gasteiger charge is 2.30. The molecule has 0 amide bonds. The van der Waals surface area contributed by atoms with Gasteiger partial charge in [0.1, 0.15) is 36.0 Å². The van der Waals surface area contributed by atoms with Gasteiger partial charge in [0.05, 0.1) is 29.7 Å². The van der Waals surface area contributed by atoms with Gasteiger partial charge in [-0.3, -0.25) is 4.79 Å². The van der Waals surface area contributed by atoms with Crippen molar-refractivity contribution in [1.29, 1.82) is 0 Å². The maximum atomic E-state index is 15.2. The summed E-state index contributed by atoms with van der Waals surface area (Å²) in [5, 5.41) is 12.1. The van der Waals surface area contributed by atoms with Gasteiger partial charge in [-0.05, 0) is 31.2 Å². The number of hydrogen-bond donors (Lipinski definition) is 3. The summed E-state index contributed by atoms with van der Waals surface area (Å²) in [6, 6.07) is 6.74. The van der Waals surface area contributed by atoms with E-state index in [1.807, 2.05) is 0 Å². The van der Waals surface area contributed by atoms with E-state index in [1.165, 1.54) is 6.20 Å². The minimum absolute atomic E-state index is 0.00328. The molecule has 2 aromatic carbocycles. The second-order valence-corrected chi connectivity index (χ2v) is 7.35. The van der Waals surface area contributed by atoms with Gasteiger partial charge in [0.2, 0.25) is 5.43 Å². The number of nitrogen functional groups attached to an aromatic ring is 1. The first kappa shape index (κ1) is 21.3. The number of carboxylic acids is 1. The quantitative estimate of drug-likeness (QED) is 0.376. The lowest BCUT2D eigenvalue weighted by atomic mass is 10.0. The Balaban J connectivity index is 1.67. The van der Waals surface area contributed by atoms with Crippen LogP contribution in [-0.2, 0) is 0 Å². The van der Waals surface area contributed by atoms with Crippen molar-refractivity contribution in [3.05, 3.63) is 52.1 Å². The van der Waals surface area contributed by atoms with Crippen LogP contribution in [0.15, 0.2) is 35.3 Å². The van der Waals surface area contributed by atoms with Crippen LogP contribution in [0.3, 0.4) is 0 Å². The smallest absolute Gasteiger partial charge is 0.341 e. The number of aromatic nitrogens is 1. The van der Waals surface area contributed by atoms with Crippen LogP contribution in [0.5, 0.6) is 17.2 Å². The Hall–Kier alpha value is -3.95. The predicted octanol–water partition coefficient (Wildman–Crippen LogP) is 2.87. The van der Waals surface area contributed by atoms with Crippen LogP contribution in [0.2, 0.25) is 0 Å². The van der Waals surface area contributed by atoms with E-state index in [9.17, 15) is 14.7 Å². The number of carboxylic acid groups (broad SMARTS) is 1. The van der Waals surface area contributed by atoms with Gasteiger partial charge in [-0.1, -0.05) is 0 Å². The first-order chi connectivity index (χ1) is 15.3. The molecule has 1 aliphatic rings. The number of benzene rings is 2. The van der Waals surface area contributed by atoms with Gasteiger partial charge in [-0.15, -0.1) is 0 Å². The predicted molar refractivity (Wildman–Crippen MR) is 117 cm³/mol. The maximum Gasteiger partial charge on any atom is 0.341 e. The average molecular weight is 443 g/mol. The number of ether oxygens (including phenoxy) is 3. The van der Waals surface area contributed by atoms with E-state index in [4.69, 9.17) is 19.9 Å². The van der Waals surface area contributed by atoms with Gasteiger partial charge in [0, 0.05) is 12.7 Å². The highest BCUT2D eigenvalue weighted by Crippen LogP contribution is 2.43. The summed E-state index contributed by atoms with van der Waals surface area (Å²) in [5.74, 6) is -0.848. The number of anilines is 2. The largest absolute Gasteiger partial charge is 0.497 e. The van der Waals surface area contributed by atoms with Crippen LogP contribution >= 0.6 is 0 Å². The van der Waals surface area contributed by atoms with Crippen molar-refractivity contribution < 1.29 is 28.5 Å². The van der Waals surface area contributed by atoms with Crippen LogP contribution in [-0.4, -0.2) is 42.5 Å². The first-order valence-electron chi connectivity index (χ1n) is 9.90. The Kier molecular flexibility index (Phi) is 5.52. The molecule has 32 heavy (non-hydrogen) atoms. The fraction of sp³-hybridized carbons (Fsp3) is 0.273. The lowest BCUT2D eigenvalue weighted by Crippen LogP contribution is -2.28. The van der Waals surface area contributed by atoms with Crippen LogP contribution in [0.25, 0.3) is 10.9 Å². The fourth-order valence-corrected chi connectivity index (χ4v) is 3.68. The molecule has 0 bridgehead atoms. The lowest BCUT2D eigenvalue weighted by molar-refractivity contribution is 0.0694. The molecular weight excluding hydrogens is 421 g/mol. The SMILES string of the molecule is COc1ccc(OCCNc2c(F)c(N)c3c(=O)c(C(=O)O)cn4c3c2OC[C@@H]4C)cc1. The van der Waals surface area contributed by atoms with Crippen molar-refractivity contribution in [2.45, 2.75) is 13.0 Å². The van der Waals surface area contributed by atoms with E-state index in [2.05, 4.69) is 5.32 Å². The number of aromatic carboxylic acids is 1. The molecule has 1 aliphatic heterocycles. The number of rotatable bonds is 7. The van der Waals surface area contributed by atoms with Gasteiger partial charge in [-0.2, -0.15) is 0 Å². The van der Waals surface area contributed by atoms with E-state index >= 15 is 4.39 Å². The van der Waals surface area contributed by atoms with Crippen LogP contribution in [0.1, 0.15) is 23.3 Å². The van der Waals surface area contributed by atoms with Crippen LogP contribution < -0.4 is 30.7 Å². The molecule has 0 radical (unpaired) electrons. The number of nitrogens with two attached hydrogens (primary N) is 1. The van der Waals surface area contributed by atoms with E-state index in [1.54, 1.807) is 42.9 Å². The molecule has 4 N–H and O–H groups in total. The first-order valence-corrected chi connectivity index (χ1v) is 9.90. The third kappa shape index (κ3) is 3.53. The van der Waals surface area contributed by atoms with E-state index in [0.717, 1.165) is 0 Å². The number of nitrogens with zero attached hydrogens (tertiary/aromatic N) is 1. The average Bonchev–Trinajstić information content (AvgIpc) is 2.78. The Morgan fingerprint density at radius 2 is 2.03 bits per heavy atom. The van der Waals surface area contributed by atoms with Crippen molar-refractivity contribution in [1.82, 2.24) is 4.57 Å². The molecule has 1 atom stereocenters. The molecule has 3 aromatic rings. The molecular formula is C22H22FN3O6. The number of carbonyl (C=O) groups is 1. The summed E-state index contributed by atoms with van der Waals surface area (Å²) in [6.07, 6.45) is 1.25. The van der Waals surface area contributed by atoms with Gasteiger partial charge in [0.25, 0.3) is 0 Å². The van der Waals surface area contributed by atoms with Gasteiger partial charge >= 0.3 is 5.97 Å². The lowest BCUT2D eigenvalue weighted by Gasteiger charge is -2.29. The van der Waals surface area contributed by atoms with Crippen LogP contribution in [0, 0.1) is 5.82 Å². The summed E-state index contributed by atoms with van der Waals surface area (Å²) < 4.78 is 33.2. The molecule has 10 heteroatoms. The monoisotopic (exact) mass is 443 g/mol. The Morgan fingerprint density at radius 1 is 1.34 bits per heavy atom. The normalized spacial score (nSPS) is 14.7. The Bertz CT molecular complexity index is 1260. The minimum Gasteiger partial charge on any atom is -0.497 e. The van der Waals surface area contributed by atoms with Crippen LogP contribution in [0.4, 0.5) is 15.8 Å². The Morgan fingerprint density at radius 3 is 2.69 bits per heavy atom. The second-order valence-electron chi connectivity index (χ2n) is 7.35. The van der Waals surface area contributed by atoms with Gasteiger partial charge in [-0.25, -0.2) is 9.18 Å². The minimum atomic E-state index is -1.40. The summed E-state index contributed by atoms with van der Waals surface area (Å²) >= 11 is 0. The van der Waals surface area contributed by atoms with Crippen molar-refractivity contribution in [3.8, 4) is 17.2 Å². The molecule has 0 aliphatic carbocycles.